The van der Waals surface area contributed by atoms with Crippen LogP contribution in [0.2, 0.25) is 0 Å². The highest BCUT2D eigenvalue weighted by Crippen LogP contribution is 2.33. The Balaban J connectivity index is 2.30. The molecule has 0 saturated heterocycles. The van der Waals surface area contributed by atoms with E-state index < -0.39 is 0 Å². The van der Waals surface area contributed by atoms with Gasteiger partial charge in [0.2, 0.25) is 5.95 Å². The molecule has 5 heteroatoms. The molecule has 0 fully saturated rings. The van der Waals surface area contributed by atoms with Crippen LogP contribution >= 0.6 is 0 Å². The van der Waals surface area contributed by atoms with Crippen LogP contribution in [0.1, 0.15) is 16.7 Å². The zero-order chi connectivity index (χ0) is 15.1. The van der Waals surface area contributed by atoms with Gasteiger partial charge in [-0.1, -0.05) is 17.7 Å². The predicted octanol–water partition coefficient (Wildman–Crippen LogP) is 2.78. The SMILES string of the molecule is Cc1cc(C)c(-c2cc3cnc(N)nc3nc2N)c(C)c1. The van der Waals surface area contributed by atoms with Gasteiger partial charge in [-0.05, 0) is 43.5 Å². The number of nitrogen functional groups attached to an aromatic ring is 2. The molecule has 0 aliphatic carbocycles. The van der Waals surface area contributed by atoms with Crippen LogP contribution in [0, 0.1) is 20.8 Å². The average Bonchev–Trinajstić information content (AvgIpc) is 2.38. The minimum Gasteiger partial charge on any atom is -0.383 e. The van der Waals surface area contributed by atoms with E-state index in [0.717, 1.165) is 16.5 Å². The molecule has 0 unspecified atom stereocenters. The number of fused-ring (bicyclic) bond motifs is 1. The summed E-state index contributed by atoms with van der Waals surface area (Å²) in [5, 5.41) is 0.827. The zero-order valence-corrected chi connectivity index (χ0v) is 12.3. The van der Waals surface area contributed by atoms with E-state index in [1.54, 1.807) is 6.20 Å². The molecule has 2 aromatic heterocycles. The maximum Gasteiger partial charge on any atom is 0.222 e. The van der Waals surface area contributed by atoms with Crippen molar-refractivity contribution in [3.8, 4) is 11.1 Å². The van der Waals surface area contributed by atoms with Crippen LogP contribution < -0.4 is 11.5 Å². The van der Waals surface area contributed by atoms with E-state index >= 15 is 0 Å². The van der Waals surface area contributed by atoms with E-state index in [1.165, 1.54) is 16.7 Å². The fourth-order valence-corrected chi connectivity index (χ4v) is 2.80. The minimum absolute atomic E-state index is 0.199. The van der Waals surface area contributed by atoms with Crippen molar-refractivity contribution in [1.82, 2.24) is 15.0 Å². The highest BCUT2D eigenvalue weighted by molar-refractivity contribution is 5.88. The lowest BCUT2D eigenvalue weighted by Crippen LogP contribution is -2.01. The summed E-state index contributed by atoms with van der Waals surface area (Å²) < 4.78 is 0. The average molecular weight is 279 g/mol. The topological polar surface area (TPSA) is 90.7 Å². The van der Waals surface area contributed by atoms with Crippen molar-refractivity contribution < 1.29 is 0 Å². The lowest BCUT2D eigenvalue weighted by atomic mass is 9.94. The van der Waals surface area contributed by atoms with Gasteiger partial charge in [-0.2, -0.15) is 4.98 Å². The van der Waals surface area contributed by atoms with Gasteiger partial charge in [0, 0.05) is 17.1 Å². The summed E-state index contributed by atoms with van der Waals surface area (Å²) in [5.74, 6) is 0.653. The van der Waals surface area contributed by atoms with Gasteiger partial charge in [-0.3, -0.25) is 0 Å². The Morgan fingerprint density at radius 2 is 1.57 bits per heavy atom. The molecule has 0 radical (unpaired) electrons. The van der Waals surface area contributed by atoms with E-state index in [-0.39, 0.29) is 5.95 Å². The number of anilines is 2. The number of nitrogens with two attached hydrogens (primary N) is 2. The van der Waals surface area contributed by atoms with Gasteiger partial charge in [0.05, 0.1) is 0 Å². The van der Waals surface area contributed by atoms with Gasteiger partial charge in [-0.25, -0.2) is 9.97 Å². The Morgan fingerprint density at radius 3 is 2.24 bits per heavy atom. The second-order valence-corrected chi connectivity index (χ2v) is 5.34. The molecule has 3 rings (SSSR count). The van der Waals surface area contributed by atoms with E-state index in [1.807, 2.05) is 6.07 Å². The molecule has 0 saturated carbocycles. The summed E-state index contributed by atoms with van der Waals surface area (Å²) >= 11 is 0. The molecular weight excluding hydrogens is 262 g/mol. The second-order valence-electron chi connectivity index (χ2n) is 5.34. The van der Waals surface area contributed by atoms with Gasteiger partial charge in [-0.15, -0.1) is 0 Å². The van der Waals surface area contributed by atoms with Crippen LogP contribution in [0.25, 0.3) is 22.2 Å². The van der Waals surface area contributed by atoms with Crippen LogP contribution in [-0.2, 0) is 0 Å². The number of nitrogens with zero attached hydrogens (tertiary/aromatic N) is 3. The number of pyridine rings is 1. The highest BCUT2D eigenvalue weighted by Gasteiger charge is 2.13. The molecule has 2 heterocycles. The first-order valence-corrected chi connectivity index (χ1v) is 6.72. The van der Waals surface area contributed by atoms with E-state index in [0.29, 0.717) is 11.5 Å². The van der Waals surface area contributed by atoms with E-state index in [9.17, 15) is 0 Å². The standard InChI is InChI=1S/C16H17N5/c1-8-4-9(2)13(10(3)5-8)12-6-11-7-19-16(18)21-15(11)20-14(12)17/h4-7H,1-3H3,(H4,17,18,19,20,21). The Kier molecular flexibility index (Phi) is 2.97. The van der Waals surface area contributed by atoms with Crippen molar-refractivity contribution in [3.63, 3.8) is 0 Å². The van der Waals surface area contributed by atoms with Crippen molar-refractivity contribution in [3.05, 3.63) is 41.1 Å². The molecule has 5 nitrogen and oxygen atoms in total. The Morgan fingerprint density at radius 1 is 0.905 bits per heavy atom. The molecule has 21 heavy (non-hydrogen) atoms. The molecule has 0 amide bonds. The Bertz CT molecular complexity index is 832. The highest BCUT2D eigenvalue weighted by atomic mass is 15.0. The van der Waals surface area contributed by atoms with Gasteiger partial charge >= 0.3 is 0 Å². The largest absolute Gasteiger partial charge is 0.383 e. The first kappa shape index (κ1) is 13.3. The number of benzene rings is 1. The molecule has 0 aliphatic heterocycles. The molecule has 0 spiro atoms. The number of hydrogen-bond acceptors (Lipinski definition) is 5. The predicted molar refractivity (Wildman–Crippen MR) is 85.8 cm³/mol. The number of rotatable bonds is 1. The smallest absolute Gasteiger partial charge is 0.222 e. The molecule has 0 bridgehead atoms. The summed E-state index contributed by atoms with van der Waals surface area (Å²) in [6.07, 6.45) is 1.67. The first-order chi connectivity index (χ1) is 9.95. The molecule has 0 aliphatic rings. The first-order valence-electron chi connectivity index (χ1n) is 6.72. The minimum atomic E-state index is 0.199. The van der Waals surface area contributed by atoms with Crippen LogP contribution in [0.15, 0.2) is 24.4 Å². The molecular formula is C16H17N5. The van der Waals surface area contributed by atoms with Crippen LogP contribution in [0.3, 0.4) is 0 Å². The summed E-state index contributed by atoms with van der Waals surface area (Å²) in [6, 6.07) is 6.26. The van der Waals surface area contributed by atoms with Gasteiger partial charge in [0.1, 0.15) is 5.82 Å². The molecule has 4 N–H and O–H groups in total. The van der Waals surface area contributed by atoms with E-state index in [2.05, 4.69) is 47.9 Å². The van der Waals surface area contributed by atoms with E-state index in [4.69, 9.17) is 11.5 Å². The van der Waals surface area contributed by atoms with Crippen molar-refractivity contribution in [2.45, 2.75) is 20.8 Å². The van der Waals surface area contributed by atoms with Gasteiger partial charge in [0.25, 0.3) is 0 Å². The third-order valence-corrected chi connectivity index (χ3v) is 3.56. The van der Waals surface area contributed by atoms with Gasteiger partial charge < -0.3 is 11.5 Å². The lowest BCUT2D eigenvalue weighted by molar-refractivity contribution is 1.20. The molecule has 106 valence electrons. The number of hydrogen-bond donors (Lipinski definition) is 2. The molecule has 1 aromatic carbocycles. The van der Waals surface area contributed by atoms with Crippen molar-refractivity contribution in [2.75, 3.05) is 11.5 Å². The maximum absolute atomic E-state index is 6.13. The second kappa shape index (κ2) is 4.70. The van der Waals surface area contributed by atoms with Crippen molar-refractivity contribution in [1.29, 1.82) is 0 Å². The Hall–Kier alpha value is -2.69. The fraction of sp³-hybridized carbons (Fsp3) is 0.188. The summed E-state index contributed by atoms with van der Waals surface area (Å²) in [6.45, 7) is 6.25. The summed E-state index contributed by atoms with van der Waals surface area (Å²) in [7, 11) is 0. The van der Waals surface area contributed by atoms with Crippen LogP contribution in [-0.4, -0.2) is 15.0 Å². The third-order valence-electron chi connectivity index (χ3n) is 3.56. The maximum atomic E-state index is 6.13. The fourth-order valence-electron chi connectivity index (χ4n) is 2.80. The summed E-state index contributed by atoms with van der Waals surface area (Å²) in [5.41, 5.74) is 17.8. The quantitative estimate of drug-likeness (QED) is 0.714. The monoisotopic (exact) mass is 279 g/mol. The van der Waals surface area contributed by atoms with Crippen LogP contribution in [0.5, 0.6) is 0 Å². The molecule has 0 atom stereocenters. The normalized spacial score (nSPS) is 11.0. The number of aromatic nitrogens is 3. The van der Waals surface area contributed by atoms with Crippen LogP contribution in [0.4, 0.5) is 11.8 Å². The van der Waals surface area contributed by atoms with Crippen molar-refractivity contribution >= 4 is 22.8 Å². The zero-order valence-electron chi connectivity index (χ0n) is 12.3. The number of aryl methyl sites for hydroxylation is 3. The lowest BCUT2D eigenvalue weighted by Gasteiger charge is -2.14. The van der Waals surface area contributed by atoms with Crippen molar-refractivity contribution in [2.24, 2.45) is 0 Å². The molecule has 3 aromatic rings. The Labute approximate surface area is 123 Å². The third kappa shape index (κ3) is 2.27. The summed E-state index contributed by atoms with van der Waals surface area (Å²) in [4.78, 5) is 12.5. The van der Waals surface area contributed by atoms with Gasteiger partial charge in [0.15, 0.2) is 5.65 Å².